The Morgan fingerprint density at radius 1 is 1.32 bits per heavy atom. The summed E-state index contributed by atoms with van der Waals surface area (Å²) in [7, 11) is 0. The number of hydrogen-bond acceptors (Lipinski definition) is 6. The van der Waals surface area contributed by atoms with E-state index in [-0.39, 0.29) is 27.6 Å². The number of alkyl halides is 5. The van der Waals surface area contributed by atoms with Crippen molar-refractivity contribution in [1.29, 1.82) is 0 Å². The lowest BCUT2D eigenvalue weighted by Crippen LogP contribution is -2.21. The van der Waals surface area contributed by atoms with E-state index in [4.69, 9.17) is 0 Å². The SMILES string of the molecule is Cc1cc(C(F)(F)F)nn1CC(=O)Nc1cc(F)c(-n2cnc([C@@H]3CC(F)(F)CN3)n2)nc1Br. The number of hydrogen-bond donors (Lipinski definition) is 2. The first kappa shape index (κ1) is 24.1. The minimum absolute atomic E-state index is 0.00649. The summed E-state index contributed by atoms with van der Waals surface area (Å²) < 4.78 is 81.7. The minimum atomic E-state index is -4.66. The molecule has 1 aliphatic rings. The van der Waals surface area contributed by atoms with Gasteiger partial charge in [0, 0.05) is 18.2 Å². The Morgan fingerprint density at radius 3 is 2.68 bits per heavy atom. The summed E-state index contributed by atoms with van der Waals surface area (Å²) in [4.78, 5) is 20.2. The van der Waals surface area contributed by atoms with Crippen molar-refractivity contribution in [3.8, 4) is 5.82 Å². The maximum Gasteiger partial charge on any atom is 0.435 e. The van der Waals surface area contributed by atoms with Crippen LogP contribution < -0.4 is 10.6 Å². The molecule has 0 aliphatic carbocycles. The maximum absolute atomic E-state index is 14.7. The lowest BCUT2D eigenvalue weighted by Gasteiger charge is -2.10. The van der Waals surface area contributed by atoms with Gasteiger partial charge < -0.3 is 10.6 Å². The highest BCUT2D eigenvalue weighted by Gasteiger charge is 2.41. The molecule has 0 bridgehead atoms. The van der Waals surface area contributed by atoms with Gasteiger partial charge in [-0.1, -0.05) is 0 Å². The van der Waals surface area contributed by atoms with Gasteiger partial charge in [0.25, 0.3) is 5.92 Å². The van der Waals surface area contributed by atoms with E-state index < -0.39 is 55.1 Å². The largest absolute Gasteiger partial charge is 0.435 e. The predicted octanol–water partition coefficient (Wildman–Crippen LogP) is 3.40. The molecule has 0 aromatic carbocycles. The Balaban J connectivity index is 1.48. The predicted molar refractivity (Wildman–Crippen MR) is 108 cm³/mol. The summed E-state index contributed by atoms with van der Waals surface area (Å²) in [6, 6.07) is 0.920. The van der Waals surface area contributed by atoms with Gasteiger partial charge in [-0.2, -0.15) is 23.0 Å². The van der Waals surface area contributed by atoms with E-state index in [0.29, 0.717) is 0 Å². The van der Waals surface area contributed by atoms with Gasteiger partial charge in [0.05, 0.1) is 18.3 Å². The molecule has 34 heavy (non-hydrogen) atoms. The number of pyridine rings is 1. The van der Waals surface area contributed by atoms with Crippen LogP contribution in [0.15, 0.2) is 23.1 Å². The van der Waals surface area contributed by atoms with E-state index in [1.54, 1.807) is 0 Å². The third-order valence-electron chi connectivity index (χ3n) is 4.90. The van der Waals surface area contributed by atoms with Crippen molar-refractivity contribution in [3.63, 3.8) is 0 Å². The molecule has 2 N–H and O–H groups in total. The van der Waals surface area contributed by atoms with Crippen LogP contribution in [0, 0.1) is 12.7 Å². The average Bonchev–Trinajstić information content (AvgIpc) is 3.43. The molecule has 0 spiro atoms. The molecule has 1 atom stereocenters. The first-order valence-corrected chi connectivity index (χ1v) is 10.4. The molecule has 4 heterocycles. The second kappa shape index (κ2) is 8.65. The van der Waals surface area contributed by atoms with Crippen LogP contribution in [0.2, 0.25) is 0 Å². The van der Waals surface area contributed by atoms with Crippen molar-refractivity contribution < 1.29 is 31.1 Å². The molecule has 3 aromatic rings. The number of aryl methyl sites for hydroxylation is 1. The summed E-state index contributed by atoms with van der Waals surface area (Å²) in [6.45, 7) is 0.285. The van der Waals surface area contributed by atoms with E-state index in [1.807, 2.05) is 0 Å². The Bertz CT molecular complexity index is 1240. The number of aromatic nitrogens is 6. The summed E-state index contributed by atoms with van der Waals surface area (Å²) in [5, 5.41) is 12.3. The summed E-state index contributed by atoms with van der Waals surface area (Å²) in [5.74, 6) is -4.86. The van der Waals surface area contributed by atoms with Crippen molar-refractivity contribution in [1.82, 2.24) is 34.8 Å². The second-order valence-electron chi connectivity index (χ2n) is 7.55. The molecule has 3 aromatic heterocycles. The van der Waals surface area contributed by atoms with E-state index >= 15 is 0 Å². The highest BCUT2D eigenvalue weighted by atomic mass is 79.9. The smallest absolute Gasteiger partial charge is 0.322 e. The molecule has 4 rings (SSSR count). The van der Waals surface area contributed by atoms with Crippen LogP contribution in [0.5, 0.6) is 0 Å². The monoisotopic (exact) mass is 552 g/mol. The fourth-order valence-electron chi connectivity index (χ4n) is 3.28. The molecule has 1 fully saturated rings. The van der Waals surface area contributed by atoms with Gasteiger partial charge in [-0.15, -0.1) is 5.10 Å². The average molecular weight is 553 g/mol. The maximum atomic E-state index is 14.7. The number of carbonyl (C=O) groups is 1. The minimum Gasteiger partial charge on any atom is -0.322 e. The third kappa shape index (κ3) is 5.06. The van der Waals surface area contributed by atoms with Crippen LogP contribution in [-0.4, -0.2) is 47.9 Å². The van der Waals surface area contributed by atoms with Crippen LogP contribution in [0.4, 0.5) is 32.0 Å². The van der Waals surface area contributed by atoms with E-state index in [9.17, 15) is 31.1 Å². The van der Waals surface area contributed by atoms with Crippen LogP contribution in [-0.2, 0) is 17.5 Å². The number of anilines is 1. The molecule has 1 amide bonds. The van der Waals surface area contributed by atoms with Gasteiger partial charge in [-0.3, -0.25) is 9.48 Å². The quantitative estimate of drug-likeness (QED) is 0.371. The zero-order valence-electron chi connectivity index (χ0n) is 17.2. The van der Waals surface area contributed by atoms with Crippen LogP contribution in [0.3, 0.4) is 0 Å². The first-order valence-electron chi connectivity index (χ1n) is 9.63. The Labute approximate surface area is 195 Å². The van der Waals surface area contributed by atoms with Gasteiger partial charge in [0.1, 0.15) is 17.5 Å². The summed E-state index contributed by atoms with van der Waals surface area (Å²) in [5.41, 5.74) is -1.12. The van der Waals surface area contributed by atoms with Crippen molar-refractivity contribution in [3.05, 3.63) is 46.1 Å². The zero-order chi connectivity index (χ0) is 24.8. The molecular weight excluding hydrogens is 538 g/mol. The molecule has 0 unspecified atom stereocenters. The molecule has 182 valence electrons. The van der Waals surface area contributed by atoms with Crippen LogP contribution in [0.25, 0.3) is 5.82 Å². The number of amides is 1. The third-order valence-corrected chi connectivity index (χ3v) is 5.50. The Kier molecular flexibility index (Phi) is 6.14. The number of nitrogens with one attached hydrogen (secondary N) is 2. The second-order valence-corrected chi connectivity index (χ2v) is 8.30. The lowest BCUT2D eigenvalue weighted by molar-refractivity contribution is -0.141. The highest BCUT2D eigenvalue weighted by Crippen LogP contribution is 2.33. The molecular formula is C18H15BrF6N8O. The topological polar surface area (TPSA) is 103 Å². The normalized spacial score (nSPS) is 17.8. The molecule has 1 aliphatic heterocycles. The lowest BCUT2D eigenvalue weighted by atomic mass is 10.2. The van der Waals surface area contributed by atoms with Gasteiger partial charge in [-0.25, -0.2) is 23.1 Å². The summed E-state index contributed by atoms with van der Waals surface area (Å²) in [6.07, 6.45) is -4.04. The van der Waals surface area contributed by atoms with Crippen molar-refractivity contribution in [2.24, 2.45) is 0 Å². The molecule has 0 radical (unpaired) electrons. The van der Waals surface area contributed by atoms with Gasteiger partial charge >= 0.3 is 6.18 Å². The van der Waals surface area contributed by atoms with Crippen LogP contribution in [0.1, 0.15) is 29.7 Å². The fourth-order valence-corrected chi connectivity index (χ4v) is 3.66. The van der Waals surface area contributed by atoms with E-state index in [2.05, 4.69) is 46.7 Å². The van der Waals surface area contributed by atoms with Crippen molar-refractivity contribution in [2.75, 3.05) is 11.9 Å². The van der Waals surface area contributed by atoms with Crippen molar-refractivity contribution in [2.45, 2.75) is 38.0 Å². The Morgan fingerprint density at radius 2 is 2.06 bits per heavy atom. The highest BCUT2D eigenvalue weighted by molar-refractivity contribution is 9.10. The van der Waals surface area contributed by atoms with E-state index in [1.165, 1.54) is 6.92 Å². The number of rotatable bonds is 5. The Hall–Kier alpha value is -3.01. The number of carbonyl (C=O) groups excluding carboxylic acids is 1. The molecule has 9 nitrogen and oxygen atoms in total. The molecule has 0 saturated carbocycles. The van der Waals surface area contributed by atoms with E-state index in [0.717, 1.165) is 27.8 Å². The van der Waals surface area contributed by atoms with Gasteiger partial charge in [-0.05, 0) is 28.9 Å². The zero-order valence-corrected chi connectivity index (χ0v) is 18.8. The first-order chi connectivity index (χ1) is 15.8. The van der Waals surface area contributed by atoms with Gasteiger partial charge in [0.15, 0.2) is 23.2 Å². The molecule has 16 heteroatoms. The molecule has 1 saturated heterocycles. The van der Waals surface area contributed by atoms with Crippen molar-refractivity contribution >= 4 is 27.5 Å². The van der Waals surface area contributed by atoms with Gasteiger partial charge in [0.2, 0.25) is 5.91 Å². The fraction of sp³-hybridized carbons (Fsp3) is 0.389. The number of halogens is 7. The summed E-state index contributed by atoms with van der Waals surface area (Å²) >= 11 is 3.09. The standard InChI is InChI=1S/C18H15BrF6N8O/c1-8-2-12(18(23,24)25)30-32(8)5-13(34)28-10-3-9(20)16(29-14(10)19)33-7-27-15(31-33)11-4-17(21,22)6-26-11/h2-3,7,11,26H,4-6H2,1H3,(H,28,34)/t11-/m0/s1. The number of nitrogens with zero attached hydrogens (tertiary/aromatic N) is 6. The van der Waals surface area contributed by atoms with Crippen LogP contribution >= 0.6 is 15.9 Å².